The number of carboxylic acid groups (broad SMARTS) is 2. The van der Waals surface area contributed by atoms with Gasteiger partial charge in [-0.05, 0) is 26.0 Å². The smallest absolute Gasteiger partial charge is 0.339 e. The normalized spacial score (nSPS) is 9.91. The molecule has 2 N–H and O–H groups in total. The summed E-state index contributed by atoms with van der Waals surface area (Å²) in [7, 11) is 0. The van der Waals surface area contributed by atoms with E-state index in [2.05, 4.69) is 0 Å². The van der Waals surface area contributed by atoms with Gasteiger partial charge in [0.1, 0.15) is 0 Å². The summed E-state index contributed by atoms with van der Waals surface area (Å²) in [5, 5.41) is 18.3. The van der Waals surface area contributed by atoms with E-state index >= 15 is 0 Å². The summed E-state index contributed by atoms with van der Waals surface area (Å²) in [5.74, 6) is -5.20. The van der Waals surface area contributed by atoms with Crippen LogP contribution in [0.15, 0.2) is 12.1 Å². The average molecular weight is 310 g/mol. The minimum absolute atomic E-state index is 0.0720. The fraction of sp³-hybridized carbons (Fsp3) is 0.286. The number of ether oxygens (including phenoxy) is 2. The summed E-state index contributed by atoms with van der Waals surface area (Å²) in [6.07, 6.45) is 0. The minimum atomic E-state index is -1.49. The molecule has 1 aromatic carbocycles. The van der Waals surface area contributed by atoms with E-state index in [-0.39, 0.29) is 13.2 Å². The summed E-state index contributed by atoms with van der Waals surface area (Å²) < 4.78 is 9.44. The van der Waals surface area contributed by atoms with Crippen LogP contribution in [0.2, 0.25) is 0 Å². The molecule has 0 bridgehead atoms. The van der Waals surface area contributed by atoms with Crippen LogP contribution in [0.3, 0.4) is 0 Å². The predicted molar refractivity (Wildman–Crippen MR) is 72.3 cm³/mol. The Morgan fingerprint density at radius 2 is 1.14 bits per heavy atom. The van der Waals surface area contributed by atoms with E-state index in [4.69, 9.17) is 19.7 Å². The third-order valence-corrected chi connectivity index (χ3v) is 2.63. The van der Waals surface area contributed by atoms with Crippen molar-refractivity contribution in [2.75, 3.05) is 13.2 Å². The fourth-order valence-corrected chi connectivity index (χ4v) is 1.79. The standard InChI is InChI=1S/C14H14O8/c1-3-21-13(19)9-7(11(15)16)5-6-8(12(17)18)10(9)14(20)22-4-2/h5-6H,3-4H2,1-2H3,(H,15,16)(H,17,18). The lowest BCUT2D eigenvalue weighted by atomic mass is 9.95. The van der Waals surface area contributed by atoms with E-state index in [1.165, 1.54) is 13.8 Å². The van der Waals surface area contributed by atoms with Gasteiger partial charge in [0.15, 0.2) is 0 Å². The molecule has 1 rings (SSSR count). The van der Waals surface area contributed by atoms with E-state index in [1.807, 2.05) is 0 Å². The highest BCUT2D eigenvalue weighted by Crippen LogP contribution is 2.22. The molecule has 8 nitrogen and oxygen atoms in total. The second-order valence-electron chi connectivity index (χ2n) is 3.96. The molecular formula is C14H14O8. The van der Waals surface area contributed by atoms with Crippen molar-refractivity contribution in [1.82, 2.24) is 0 Å². The van der Waals surface area contributed by atoms with Crippen LogP contribution < -0.4 is 0 Å². The van der Waals surface area contributed by atoms with Crippen LogP contribution in [-0.2, 0) is 9.47 Å². The third-order valence-electron chi connectivity index (χ3n) is 2.63. The average Bonchev–Trinajstić information content (AvgIpc) is 2.45. The molecule has 0 saturated heterocycles. The van der Waals surface area contributed by atoms with Gasteiger partial charge in [-0.3, -0.25) is 0 Å². The van der Waals surface area contributed by atoms with E-state index in [9.17, 15) is 19.2 Å². The van der Waals surface area contributed by atoms with Crippen molar-refractivity contribution in [1.29, 1.82) is 0 Å². The summed E-state index contributed by atoms with van der Waals surface area (Å²) in [5.41, 5.74) is -2.33. The van der Waals surface area contributed by atoms with Crippen molar-refractivity contribution in [2.24, 2.45) is 0 Å². The molecule has 0 saturated carbocycles. The van der Waals surface area contributed by atoms with Gasteiger partial charge in [-0.1, -0.05) is 0 Å². The SMILES string of the molecule is CCOC(=O)c1c(C(=O)O)ccc(C(=O)O)c1C(=O)OCC. The second kappa shape index (κ2) is 7.21. The molecule has 22 heavy (non-hydrogen) atoms. The molecule has 8 heteroatoms. The Morgan fingerprint density at radius 3 is 1.36 bits per heavy atom. The van der Waals surface area contributed by atoms with Crippen molar-refractivity contribution in [3.8, 4) is 0 Å². The Morgan fingerprint density at radius 1 is 0.818 bits per heavy atom. The van der Waals surface area contributed by atoms with E-state index in [1.54, 1.807) is 0 Å². The van der Waals surface area contributed by atoms with Gasteiger partial charge < -0.3 is 19.7 Å². The zero-order valence-electron chi connectivity index (χ0n) is 11.9. The molecule has 0 spiro atoms. The number of rotatable bonds is 6. The number of carbonyl (C=O) groups excluding carboxylic acids is 2. The lowest BCUT2D eigenvalue weighted by Crippen LogP contribution is -2.22. The van der Waals surface area contributed by atoms with Crippen molar-refractivity contribution in [3.63, 3.8) is 0 Å². The fourth-order valence-electron chi connectivity index (χ4n) is 1.79. The summed E-state index contributed by atoms with van der Waals surface area (Å²) >= 11 is 0. The first-order valence-electron chi connectivity index (χ1n) is 6.32. The third kappa shape index (κ3) is 3.40. The first kappa shape index (κ1) is 17.2. The molecular weight excluding hydrogens is 296 g/mol. The maximum atomic E-state index is 12.0. The highest BCUT2D eigenvalue weighted by molar-refractivity contribution is 6.14. The largest absolute Gasteiger partial charge is 0.478 e. The number of esters is 2. The van der Waals surface area contributed by atoms with Crippen LogP contribution in [0.4, 0.5) is 0 Å². The molecule has 0 aliphatic rings. The lowest BCUT2D eigenvalue weighted by Gasteiger charge is -2.13. The lowest BCUT2D eigenvalue weighted by molar-refractivity contribution is 0.0468. The Labute approximate surface area is 125 Å². The topological polar surface area (TPSA) is 127 Å². The van der Waals surface area contributed by atoms with E-state index in [0.717, 1.165) is 12.1 Å². The Kier molecular flexibility index (Phi) is 5.62. The van der Waals surface area contributed by atoms with Gasteiger partial charge in [-0.15, -0.1) is 0 Å². The predicted octanol–water partition coefficient (Wildman–Crippen LogP) is 1.44. The molecule has 0 atom stereocenters. The molecule has 1 aromatic rings. The highest BCUT2D eigenvalue weighted by Gasteiger charge is 2.31. The van der Waals surface area contributed by atoms with Gasteiger partial charge in [0.25, 0.3) is 0 Å². The first-order chi connectivity index (χ1) is 10.3. The molecule has 0 aliphatic heterocycles. The van der Waals surface area contributed by atoms with Gasteiger partial charge in [-0.2, -0.15) is 0 Å². The molecule has 0 aromatic heterocycles. The number of benzene rings is 1. The van der Waals surface area contributed by atoms with Crippen LogP contribution in [0.25, 0.3) is 0 Å². The van der Waals surface area contributed by atoms with Crippen LogP contribution in [0, 0.1) is 0 Å². The van der Waals surface area contributed by atoms with Crippen LogP contribution in [0.5, 0.6) is 0 Å². The number of hydrogen-bond donors (Lipinski definition) is 2. The van der Waals surface area contributed by atoms with Crippen LogP contribution in [0.1, 0.15) is 55.3 Å². The molecule has 0 radical (unpaired) electrons. The van der Waals surface area contributed by atoms with Gasteiger partial charge >= 0.3 is 23.9 Å². The van der Waals surface area contributed by atoms with E-state index < -0.39 is 46.1 Å². The number of aromatic carboxylic acids is 2. The van der Waals surface area contributed by atoms with Crippen molar-refractivity contribution in [3.05, 3.63) is 34.4 Å². The minimum Gasteiger partial charge on any atom is -0.478 e. The molecule has 0 aliphatic carbocycles. The Hall–Kier alpha value is -2.90. The summed E-state index contributed by atoms with van der Waals surface area (Å²) in [4.78, 5) is 46.5. The van der Waals surface area contributed by atoms with Crippen LogP contribution >= 0.6 is 0 Å². The molecule has 0 unspecified atom stereocenters. The van der Waals surface area contributed by atoms with Crippen molar-refractivity contribution >= 4 is 23.9 Å². The van der Waals surface area contributed by atoms with Gasteiger partial charge in [0, 0.05) is 0 Å². The molecule has 0 heterocycles. The first-order valence-corrected chi connectivity index (χ1v) is 6.32. The van der Waals surface area contributed by atoms with Crippen LogP contribution in [-0.4, -0.2) is 47.3 Å². The monoisotopic (exact) mass is 310 g/mol. The zero-order valence-corrected chi connectivity index (χ0v) is 11.9. The van der Waals surface area contributed by atoms with Crippen molar-refractivity contribution < 1.29 is 38.9 Å². The molecule has 0 fully saturated rings. The number of carboxylic acids is 2. The number of hydrogen-bond acceptors (Lipinski definition) is 6. The van der Waals surface area contributed by atoms with Gasteiger partial charge in [-0.25, -0.2) is 19.2 Å². The second-order valence-corrected chi connectivity index (χ2v) is 3.96. The zero-order chi connectivity index (χ0) is 16.9. The maximum absolute atomic E-state index is 12.0. The van der Waals surface area contributed by atoms with E-state index in [0.29, 0.717) is 0 Å². The summed E-state index contributed by atoms with van der Waals surface area (Å²) in [6, 6.07) is 1.86. The summed E-state index contributed by atoms with van der Waals surface area (Å²) in [6.45, 7) is 2.84. The quantitative estimate of drug-likeness (QED) is 0.755. The van der Waals surface area contributed by atoms with Gasteiger partial charge in [0.2, 0.25) is 0 Å². The molecule has 0 amide bonds. The maximum Gasteiger partial charge on any atom is 0.339 e. The van der Waals surface area contributed by atoms with Crippen molar-refractivity contribution in [2.45, 2.75) is 13.8 Å². The van der Waals surface area contributed by atoms with Gasteiger partial charge in [0.05, 0.1) is 35.5 Å². The Bertz CT molecular complexity index is 577. The highest BCUT2D eigenvalue weighted by atomic mass is 16.5. The Balaban J connectivity index is 3.73. The number of carbonyl (C=O) groups is 4. The molecule has 118 valence electrons.